The van der Waals surface area contributed by atoms with Crippen LogP contribution in [0.15, 0.2) is 18.2 Å². The molecule has 1 aliphatic heterocycles. The SMILES string of the molecule is CCNCc1c(Cl)cccc1N1CCN(CC)CC1. The van der Waals surface area contributed by atoms with Gasteiger partial charge in [-0.2, -0.15) is 0 Å². The number of nitrogens with one attached hydrogen (secondary N) is 1. The maximum atomic E-state index is 6.36. The number of rotatable bonds is 5. The molecule has 0 amide bonds. The molecule has 1 N–H and O–H groups in total. The lowest BCUT2D eigenvalue weighted by atomic mass is 10.1. The number of nitrogens with zero attached hydrogens (tertiary/aromatic N) is 2. The van der Waals surface area contributed by atoms with Crippen molar-refractivity contribution < 1.29 is 0 Å². The Hall–Kier alpha value is -0.770. The minimum Gasteiger partial charge on any atom is -0.369 e. The molecule has 106 valence electrons. The highest BCUT2D eigenvalue weighted by Gasteiger charge is 2.19. The van der Waals surface area contributed by atoms with Gasteiger partial charge in [0, 0.05) is 49.0 Å². The summed E-state index contributed by atoms with van der Waals surface area (Å²) in [6, 6.07) is 6.24. The lowest BCUT2D eigenvalue weighted by Gasteiger charge is -2.36. The van der Waals surface area contributed by atoms with Crippen LogP contribution in [0.3, 0.4) is 0 Å². The molecule has 0 radical (unpaired) electrons. The second-order valence-corrected chi connectivity index (χ2v) is 5.35. The fourth-order valence-electron chi connectivity index (χ4n) is 2.57. The number of halogens is 1. The smallest absolute Gasteiger partial charge is 0.0471 e. The maximum Gasteiger partial charge on any atom is 0.0471 e. The van der Waals surface area contributed by atoms with Crippen molar-refractivity contribution in [3.63, 3.8) is 0 Å². The van der Waals surface area contributed by atoms with Gasteiger partial charge in [0.15, 0.2) is 0 Å². The van der Waals surface area contributed by atoms with Crippen molar-refractivity contribution in [1.29, 1.82) is 0 Å². The number of piperazine rings is 1. The zero-order valence-corrected chi connectivity index (χ0v) is 12.7. The predicted molar refractivity (Wildman–Crippen MR) is 83.2 cm³/mol. The first-order chi connectivity index (χ1) is 9.26. The Morgan fingerprint density at radius 3 is 2.53 bits per heavy atom. The van der Waals surface area contributed by atoms with Gasteiger partial charge in [0.1, 0.15) is 0 Å². The Balaban J connectivity index is 2.13. The van der Waals surface area contributed by atoms with Crippen molar-refractivity contribution in [3.8, 4) is 0 Å². The van der Waals surface area contributed by atoms with Gasteiger partial charge < -0.3 is 15.1 Å². The van der Waals surface area contributed by atoms with Crippen LogP contribution in [0.25, 0.3) is 0 Å². The summed E-state index contributed by atoms with van der Waals surface area (Å²) in [5, 5.41) is 4.25. The lowest BCUT2D eigenvalue weighted by molar-refractivity contribution is 0.271. The van der Waals surface area contributed by atoms with E-state index in [4.69, 9.17) is 11.6 Å². The van der Waals surface area contributed by atoms with Gasteiger partial charge in [-0.15, -0.1) is 0 Å². The summed E-state index contributed by atoms with van der Waals surface area (Å²) in [6.07, 6.45) is 0. The molecule has 1 heterocycles. The number of likely N-dealkylation sites (N-methyl/N-ethyl adjacent to an activating group) is 1. The van der Waals surface area contributed by atoms with Crippen LogP contribution >= 0.6 is 11.6 Å². The molecule has 1 saturated heterocycles. The number of anilines is 1. The Kier molecular flexibility index (Phi) is 5.49. The van der Waals surface area contributed by atoms with Crippen molar-refractivity contribution in [2.45, 2.75) is 20.4 Å². The first-order valence-corrected chi connectivity index (χ1v) is 7.59. The van der Waals surface area contributed by atoms with Gasteiger partial charge in [-0.05, 0) is 25.2 Å². The molecule has 0 bridgehead atoms. The van der Waals surface area contributed by atoms with E-state index in [0.717, 1.165) is 50.8 Å². The summed E-state index contributed by atoms with van der Waals surface area (Å²) in [5.41, 5.74) is 2.53. The van der Waals surface area contributed by atoms with Crippen LogP contribution < -0.4 is 10.2 Å². The van der Waals surface area contributed by atoms with E-state index in [9.17, 15) is 0 Å². The molecule has 0 aliphatic carbocycles. The third kappa shape index (κ3) is 3.62. The molecule has 1 fully saturated rings. The summed E-state index contributed by atoms with van der Waals surface area (Å²) in [7, 11) is 0. The fraction of sp³-hybridized carbons (Fsp3) is 0.600. The second kappa shape index (κ2) is 7.13. The van der Waals surface area contributed by atoms with E-state index in [2.05, 4.69) is 41.1 Å². The van der Waals surface area contributed by atoms with Crippen molar-refractivity contribution in [1.82, 2.24) is 10.2 Å². The molecule has 1 aliphatic rings. The summed E-state index contributed by atoms with van der Waals surface area (Å²) in [5.74, 6) is 0. The Morgan fingerprint density at radius 1 is 1.16 bits per heavy atom. The summed E-state index contributed by atoms with van der Waals surface area (Å²) in [6.45, 7) is 11.8. The molecule has 1 aromatic carbocycles. The van der Waals surface area contributed by atoms with E-state index in [1.165, 1.54) is 11.3 Å². The zero-order valence-electron chi connectivity index (χ0n) is 12.0. The van der Waals surface area contributed by atoms with Crippen LogP contribution in [0.1, 0.15) is 19.4 Å². The molecule has 0 unspecified atom stereocenters. The summed E-state index contributed by atoms with van der Waals surface area (Å²) < 4.78 is 0. The van der Waals surface area contributed by atoms with E-state index in [-0.39, 0.29) is 0 Å². The summed E-state index contributed by atoms with van der Waals surface area (Å²) >= 11 is 6.36. The highest BCUT2D eigenvalue weighted by Crippen LogP contribution is 2.28. The van der Waals surface area contributed by atoms with Crippen LogP contribution in [0.2, 0.25) is 5.02 Å². The second-order valence-electron chi connectivity index (χ2n) is 4.94. The fourth-order valence-corrected chi connectivity index (χ4v) is 2.81. The largest absolute Gasteiger partial charge is 0.369 e. The molecule has 1 aromatic rings. The Bertz CT molecular complexity index is 400. The molecule has 3 nitrogen and oxygen atoms in total. The Labute approximate surface area is 121 Å². The molecular formula is C15H24ClN3. The van der Waals surface area contributed by atoms with Gasteiger partial charge in [0.2, 0.25) is 0 Å². The van der Waals surface area contributed by atoms with Crippen molar-refractivity contribution in [2.24, 2.45) is 0 Å². The van der Waals surface area contributed by atoms with E-state index in [0.29, 0.717) is 0 Å². The van der Waals surface area contributed by atoms with Gasteiger partial charge in [0.05, 0.1) is 0 Å². The normalized spacial score (nSPS) is 16.9. The standard InChI is InChI=1S/C15H24ClN3/c1-3-17-12-13-14(16)6-5-7-15(13)19-10-8-18(4-2)9-11-19/h5-7,17H,3-4,8-12H2,1-2H3. The molecule has 19 heavy (non-hydrogen) atoms. The molecule has 0 spiro atoms. The summed E-state index contributed by atoms with van der Waals surface area (Å²) in [4.78, 5) is 4.95. The van der Waals surface area contributed by atoms with E-state index >= 15 is 0 Å². The Morgan fingerprint density at radius 2 is 1.89 bits per heavy atom. The zero-order chi connectivity index (χ0) is 13.7. The first kappa shape index (κ1) is 14.6. The minimum absolute atomic E-state index is 0.847. The number of benzene rings is 1. The predicted octanol–water partition coefficient (Wildman–Crippen LogP) is 2.59. The molecule has 2 rings (SSSR count). The first-order valence-electron chi connectivity index (χ1n) is 7.21. The lowest BCUT2D eigenvalue weighted by Crippen LogP contribution is -2.46. The minimum atomic E-state index is 0.847. The van der Waals surface area contributed by atoms with Crippen molar-refractivity contribution >= 4 is 17.3 Å². The molecule has 4 heteroatoms. The van der Waals surface area contributed by atoms with Crippen molar-refractivity contribution in [3.05, 3.63) is 28.8 Å². The van der Waals surface area contributed by atoms with E-state index in [1.54, 1.807) is 0 Å². The third-order valence-electron chi connectivity index (χ3n) is 3.81. The topological polar surface area (TPSA) is 18.5 Å². The van der Waals surface area contributed by atoms with Gasteiger partial charge in [-0.1, -0.05) is 31.5 Å². The van der Waals surface area contributed by atoms with E-state index < -0.39 is 0 Å². The molecule has 0 aromatic heterocycles. The highest BCUT2D eigenvalue weighted by atomic mass is 35.5. The molecular weight excluding hydrogens is 258 g/mol. The van der Waals surface area contributed by atoms with Crippen LogP contribution in [0.4, 0.5) is 5.69 Å². The molecule has 0 saturated carbocycles. The maximum absolute atomic E-state index is 6.36. The molecule has 0 atom stereocenters. The third-order valence-corrected chi connectivity index (χ3v) is 4.16. The van der Waals surface area contributed by atoms with Crippen LogP contribution in [0, 0.1) is 0 Å². The van der Waals surface area contributed by atoms with Gasteiger partial charge in [-0.25, -0.2) is 0 Å². The number of hydrogen-bond acceptors (Lipinski definition) is 3. The van der Waals surface area contributed by atoms with Crippen LogP contribution in [0.5, 0.6) is 0 Å². The highest BCUT2D eigenvalue weighted by molar-refractivity contribution is 6.31. The average molecular weight is 282 g/mol. The van der Waals surface area contributed by atoms with Crippen LogP contribution in [-0.2, 0) is 6.54 Å². The average Bonchev–Trinajstić information content (AvgIpc) is 2.46. The monoisotopic (exact) mass is 281 g/mol. The van der Waals surface area contributed by atoms with Gasteiger partial charge in [0.25, 0.3) is 0 Å². The quantitative estimate of drug-likeness (QED) is 0.895. The van der Waals surface area contributed by atoms with Gasteiger partial charge >= 0.3 is 0 Å². The van der Waals surface area contributed by atoms with E-state index in [1.807, 2.05) is 6.07 Å². The van der Waals surface area contributed by atoms with Crippen LogP contribution in [-0.4, -0.2) is 44.2 Å². The number of hydrogen-bond donors (Lipinski definition) is 1. The van der Waals surface area contributed by atoms with Gasteiger partial charge in [-0.3, -0.25) is 0 Å². The van der Waals surface area contributed by atoms with Crippen molar-refractivity contribution in [2.75, 3.05) is 44.2 Å².